The Morgan fingerprint density at radius 3 is 2.50 bits per heavy atom. The largest absolute Gasteiger partial charge is 0.369 e. The van der Waals surface area contributed by atoms with Crippen LogP contribution in [-0.2, 0) is 0 Å². The van der Waals surface area contributed by atoms with E-state index >= 15 is 0 Å². The minimum atomic E-state index is 0.0631. The first-order chi connectivity index (χ1) is 9.51. The number of pyridine rings is 1. The molecule has 0 fully saturated rings. The van der Waals surface area contributed by atoms with E-state index in [2.05, 4.69) is 15.6 Å². The molecule has 0 amide bonds. The van der Waals surface area contributed by atoms with Crippen molar-refractivity contribution in [3.63, 3.8) is 0 Å². The fraction of sp³-hybridized carbons (Fsp3) is 0.308. The second kappa shape index (κ2) is 6.85. The number of anilines is 2. The smallest absolute Gasteiger partial charge is 0.147 e. The summed E-state index contributed by atoms with van der Waals surface area (Å²) >= 11 is 19.7. The standard InChI is InChI=1S/C13H14Cl3N3S/c1-3-17-12-8(14)6-9(15)13(19-12)18-7(2)10-4-5-11(16)20-10/h4-7H,3H2,1-2H3,(H2,17,18,19). The van der Waals surface area contributed by atoms with E-state index in [-0.39, 0.29) is 6.04 Å². The Balaban J connectivity index is 2.22. The molecule has 0 aromatic carbocycles. The average molecular weight is 351 g/mol. The quantitative estimate of drug-likeness (QED) is 0.725. The number of rotatable bonds is 5. The van der Waals surface area contributed by atoms with Crippen molar-refractivity contribution in [1.82, 2.24) is 4.98 Å². The molecular weight excluding hydrogens is 337 g/mol. The molecule has 2 aromatic rings. The third kappa shape index (κ3) is 3.70. The van der Waals surface area contributed by atoms with Gasteiger partial charge in [-0.05, 0) is 32.0 Å². The molecule has 0 aliphatic rings. The predicted octanol–water partition coefficient (Wildman–Crippen LogP) is 5.71. The van der Waals surface area contributed by atoms with Crippen molar-refractivity contribution in [2.45, 2.75) is 19.9 Å². The molecule has 1 unspecified atom stereocenters. The maximum atomic E-state index is 6.18. The van der Waals surface area contributed by atoms with Crippen molar-refractivity contribution in [2.24, 2.45) is 0 Å². The van der Waals surface area contributed by atoms with Gasteiger partial charge in [-0.2, -0.15) is 0 Å². The third-order valence-electron chi connectivity index (χ3n) is 2.65. The molecule has 0 saturated carbocycles. The molecular formula is C13H14Cl3N3S. The minimum absolute atomic E-state index is 0.0631. The minimum Gasteiger partial charge on any atom is -0.369 e. The Kier molecular flexibility index (Phi) is 5.38. The molecule has 20 heavy (non-hydrogen) atoms. The molecule has 0 saturated heterocycles. The summed E-state index contributed by atoms with van der Waals surface area (Å²) in [4.78, 5) is 5.54. The lowest BCUT2D eigenvalue weighted by molar-refractivity contribution is 0.896. The van der Waals surface area contributed by atoms with Crippen LogP contribution < -0.4 is 10.6 Å². The topological polar surface area (TPSA) is 37.0 Å². The summed E-state index contributed by atoms with van der Waals surface area (Å²) < 4.78 is 0.761. The van der Waals surface area contributed by atoms with Gasteiger partial charge in [-0.1, -0.05) is 34.8 Å². The Labute approximate surface area is 137 Å². The number of thiophene rings is 1. The third-order valence-corrected chi connectivity index (χ3v) is 4.64. The zero-order chi connectivity index (χ0) is 14.7. The summed E-state index contributed by atoms with van der Waals surface area (Å²) in [6, 6.07) is 5.61. The van der Waals surface area contributed by atoms with Crippen LogP contribution in [0.2, 0.25) is 14.4 Å². The zero-order valence-electron chi connectivity index (χ0n) is 11.0. The normalized spacial score (nSPS) is 12.2. The van der Waals surface area contributed by atoms with Crippen molar-refractivity contribution in [2.75, 3.05) is 17.2 Å². The first-order valence-corrected chi connectivity index (χ1v) is 8.08. The highest BCUT2D eigenvalue weighted by atomic mass is 35.5. The van der Waals surface area contributed by atoms with Crippen LogP contribution in [0, 0.1) is 0 Å². The highest BCUT2D eigenvalue weighted by molar-refractivity contribution is 7.16. The van der Waals surface area contributed by atoms with Crippen LogP contribution in [0.25, 0.3) is 0 Å². The predicted molar refractivity (Wildman–Crippen MR) is 89.8 cm³/mol. The molecule has 1 atom stereocenters. The lowest BCUT2D eigenvalue weighted by Gasteiger charge is -2.16. The lowest BCUT2D eigenvalue weighted by Crippen LogP contribution is -2.09. The van der Waals surface area contributed by atoms with Gasteiger partial charge in [-0.15, -0.1) is 11.3 Å². The van der Waals surface area contributed by atoms with E-state index < -0.39 is 0 Å². The van der Waals surface area contributed by atoms with Gasteiger partial charge in [0.25, 0.3) is 0 Å². The molecule has 2 N–H and O–H groups in total. The molecule has 2 rings (SSSR count). The fourth-order valence-electron chi connectivity index (χ4n) is 1.70. The number of hydrogen-bond acceptors (Lipinski definition) is 4. The van der Waals surface area contributed by atoms with Crippen LogP contribution in [0.4, 0.5) is 11.6 Å². The van der Waals surface area contributed by atoms with Crippen LogP contribution in [0.1, 0.15) is 24.8 Å². The molecule has 7 heteroatoms. The van der Waals surface area contributed by atoms with Crippen LogP contribution in [-0.4, -0.2) is 11.5 Å². The van der Waals surface area contributed by atoms with Gasteiger partial charge in [0.2, 0.25) is 0 Å². The van der Waals surface area contributed by atoms with E-state index in [1.54, 1.807) is 6.07 Å². The number of halogens is 3. The summed E-state index contributed by atoms with van der Waals surface area (Å²) in [6.45, 7) is 4.75. The lowest BCUT2D eigenvalue weighted by atomic mass is 10.2. The van der Waals surface area contributed by atoms with Crippen LogP contribution in [0.15, 0.2) is 18.2 Å². The highest BCUT2D eigenvalue weighted by Gasteiger charge is 2.13. The number of nitrogens with one attached hydrogen (secondary N) is 2. The van der Waals surface area contributed by atoms with E-state index in [0.717, 1.165) is 15.8 Å². The van der Waals surface area contributed by atoms with E-state index in [1.165, 1.54) is 11.3 Å². The second-order valence-corrected chi connectivity index (χ2v) is 6.75. The van der Waals surface area contributed by atoms with Gasteiger partial charge in [-0.25, -0.2) is 4.98 Å². The SMILES string of the molecule is CCNc1nc(NC(C)c2ccc(Cl)s2)c(Cl)cc1Cl. The Morgan fingerprint density at radius 1 is 1.20 bits per heavy atom. The molecule has 108 valence electrons. The average Bonchev–Trinajstić information content (AvgIpc) is 2.82. The summed E-state index contributed by atoms with van der Waals surface area (Å²) in [7, 11) is 0. The molecule has 3 nitrogen and oxygen atoms in total. The van der Waals surface area contributed by atoms with E-state index in [9.17, 15) is 0 Å². The molecule has 0 aliphatic carbocycles. The van der Waals surface area contributed by atoms with Crippen LogP contribution >= 0.6 is 46.1 Å². The van der Waals surface area contributed by atoms with Crippen molar-refractivity contribution >= 4 is 57.8 Å². The van der Waals surface area contributed by atoms with Gasteiger partial charge in [0, 0.05) is 11.4 Å². The van der Waals surface area contributed by atoms with E-state index in [1.807, 2.05) is 26.0 Å². The monoisotopic (exact) mass is 349 g/mol. The van der Waals surface area contributed by atoms with E-state index in [0.29, 0.717) is 21.7 Å². The summed E-state index contributed by atoms with van der Waals surface area (Å²) in [5.74, 6) is 1.22. The highest BCUT2D eigenvalue weighted by Crippen LogP contribution is 2.33. The molecule has 0 aliphatic heterocycles. The molecule has 0 bridgehead atoms. The van der Waals surface area contributed by atoms with Gasteiger partial charge >= 0.3 is 0 Å². The summed E-state index contributed by atoms with van der Waals surface area (Å²) in [5.41, 5.74) is 0. The summed E-state index contributed by atoms with van der Waals surface area (Å²) in [5, 5.41) is 7.38. The molecule has 2 heterocycles. The molecule has 0 radical (unpaired) electrons. The van der Waals surface area contributed by atoms with Gasteiger partial charge in [0.15, 0.2) is 0 Å². The summed E-state index contributed by atoms with van der Waals surface area (Å²) in [6.07, 6.45) is 0. The van der Waals surface area contributed by atoms with Crippen molar-refractivity contribution in [1.29, 1.82) is 0 Å². The maximum Gasteiger partial charge on any atom is 0.147 e. The second-order valence-electron chi connectivity index (χ2n) is 4.19. The molecule has 2 aromatic heterocycles. The van der Waals surface area contributed by atoms with Gasteiger partial charge < -0.3 is 10.6 Å². The zero-order valence-corrected chi connectivity index (χ0v) is 14.1. The Hall–Kier alpha value is -0.680. The van der Waals surface area contributed by atoms with Crippen LogP contribution in [0.5, 0.6) is 0 Å². The first-order valence-electron chi connectivity index (χ1n) is 6.13. The van der Waals surface area contributed by atoms with Crippen molar-refractivity contribution < 1.29 is 0 Å². The van der Waals surface area contributed by atoms with Gasteiger partial charge in [-0.3, -0.25) is 0 Å². The van der Waals surface area contributed by atoms with E-state index in [4.69, 9.17) is 34.8 Å². The van der Waals surface area contributed by atoms with Crippen LogP contribution in [0.3, 0.4) is 0 Å². The Bertz CT molecular complexity index is 601. The first kappa shape index (κ1) is 15.7. The number of nitrogens with zero attached hydrogens (tertiary/aromatic N) is 1. The number of aromatic nitrogens is 1. The van der Waals surface area contributed by atoms with Gasteiger partial charge in [0.05, 0.1) is 20.4 Å². The Morgan fingerprint density at radius 2 is 1.90 bits per heavy atom. The number of hydrogen-bond donors (Lipinski definition) is 2. The van der Waals surface area contributed by atoms with Crippen molar-refractivity contribution in [3.05, 3.63) is 37.5 Å². The van der Waals surface area contributed by atoms with Gasteiger partial charge in [0.1, 0.15) is 11.6 Å². The maximum absolute atomic E-state index is 6.18. The van der Waals surface area contributed by atoms with Crippen molar-refractivity contribution in [3.8, 4) is 0 Å². The molecule has 0 spiro atoms. The fourth-order valence-corrected chi connectivity index (χ4v) is 3.24.